The molecular formula is C12H24N2OS. The van der Waals surface area contributed by atoms with E-state index in [1.807, 2.05) is 18.7 Å². The summed E-state index contributed by atoms with van der Waals surface area (Å²) in [6.45, 7) is 4.10. The minimum atomic E-state index is -0.349. The Morgan fingerprint density at radius 1 is 1.56 bits per heavy atom. The number of hydrogen-bond acceptors (Lipinski definition) is 3. The highest BCUT2D eigenvalue weighted by Crippen LogP contribution is 2.28. The fraction of sp³-hybridized carbons (Fsp3) is 0.917. The van der Waals surface area contributed by atoms with E-state index in [9.17, 15) is 4.79 Å². The summed E-state index contributed by atoms with van der Waals surface area (Å²) < 4.78 is 0. The summed E-state index contributed by atoms with van der Waals surface area (Å²) >= 11 is 1.90. The standard InChI is InChI=1S/C12H24N2OS/c1-4-8(2)11(13)12(15)14-9-5-6-10(7-9)16-3/h8-11H,4-7,13H2,1-3H3,(H,14,15). The Balaban J connectivity index is 2.34. The SMILES string of the molecule is CCC(C)C(N)C(=O)NC1CCC(SC)C1. The molecule has 4 atom stereocenters. The van der Waals surface area contributed by atoms with Crippen molar-refractivity contribution < 1.29 is 4.79 Å². The third-order valence-electron chi connectivity index (χ3n) is 3.62. The van der Waals surface area contributed by atoms with Crippen LogP contribution in [0.2, 0.25) is 0 Å². The molecule has 1 amide bonds. The summed E-state index contributed by atoms with van der Waals surface area (Å²) in [5.41, 5.74) is 5.90. The van der Waals surface area contributed by atoms with Crippen LogP contribution in [-0.4, -0.2) is 29.5 Å². The Hall–Kier alpha value is -0.220. The fourth-order valence-corrected chi connectivity index (χ4v) is 2.89. The number of hydrogen-bond donors (Lipinski definition) is 2. The summed E-state index contributed by atoms with van der Waals surface area (Å²) in [4.78, 5) is 11.9. The van der Waals surface area contributed by atoms with E-state index in [0.717, 1.165) is 19.3 Å². The number of rotatable bonds is 5. The first-order valence-corrected chi connectivity index (χ1v) is 7.46. The third kappa shape index (κ3) is 3.67. The smallest absolute Gasteiger partial charge is 0.237 e. The molecule has 1 saturated carbocycles. The zero-order chi connectivity index (χ0) is 12.1. The van der Waals surface area contributed by atoms with Gasteiger partial charge in [0.2, 0.25) is 5.91 Å². The lowest BCUT2D eigenvalue weighted by Gasteiger charge is -2.20. The summed E-state index contributed by atoms with van der Waals surface area (Å²) in [6.07, 6.45) is 6.50. The van der Waals surface area contributed by atoms with Crippen molar-refractivity contribution in [3.63, 3.8) is 0 Å². The van der Waals surface area contributed by atoms with Crippen molar-refractivity contribution in [2.75, 3.05) is 6.26 Å². The van der Waals surface area contributed by atoms with Gasteiger partial charge in [-0.3, -0.25) is 4.79 Å². The van der Waals surface area contributed by atoms with E-state index < -0.39 is 0 Å². The molecular weight excluding hydrogens is 220 g/mol. The summed E-state index contributed by atoms with van der Waals surface area (Å²) in [5.74, 6) is 0.291. The molecule has 0 radical (unpaired) electrons. The first kappa shape index (κ1) is 13.8. The first-order valence-electron chi connectivity index (χ1n) is 6.17. The Morgan fingerprint density at radius 2 is 2.25 bits per heavy atom. The van der Waals surface area contributed by atoms with Gasteiger partial charge in [-0.1, -0.05) is 20.3 Å². The van der Waals surface area contributed by atoms with Crippen LogP contribution in [0.15, 0.2) is 0 Å². The number of nitrogens with two attached hydrogens (primary N) is 1. The minimum absolute atomic E-state index is 0.0288. The predicted molar refractivity (Wildman–Crippen MR) is 70.5 cm³/mol. The van der Waals surface area contributed by atoms with Crippen LogP contribution in [0, 0.1) is 5.92 Å². The highest BCUT2D eigenvalue weighted by Gasteiger charge is 2.27. The second kappa shape index (κ2) is 6.50. The quantitative estimate of drug-likeness (QED) is 0.775. The number of carbonyl (C=O) groups excluding carboxylic acids is 1. The van der Waals surface area contributed by atoms with Gasteiger partial charge >= 0.3 is 0 Å². The normalized spacial score (nSPS) is 28.8. The van der Waals surface area contributed by atoms with Gasteiger partial charge in [-0.05, 0) is 31.4 Å². The highest BCUT2D eigenvalue weighted by atomic mass is 32.2. The van der Waals surface area contributed by atoms with Crippen LogP contribution in [0.1, 0.15) is 39.5 Å². The number of nitrogens with one attached hydrogen (secondary N) is 1. The van der Waals surface area contributed by atoms with Crippen LogP contribution in [0.4, 0.5) is 0 Å². The van der Waals surface area contributed by atoms with Gasteiger partial charge in [0.1, 0.15) is 0 Å². The fourth-order valence-electron chi connectivity index (χ4n) is 2.10. The zero-order valence-electron chi connectivity index (χ0n) is 10.5. The molecule has 3 N–H and O–H groups in total. The average molecular weight is 244 g/mol. The molecule has 0 aliphatic heterocycles. The number of amides is 1. The summed E-state index contributed by atoms with van der Waals surface area (Å²) in [5, 5.41) is 3.79. The molecule has 0 bridgehead atoms. The molecule has 1 aliphatic carbocycles. The van der Waals surface area contributed by atoms with Crippen molar-refractivity contribution in [1.29, 1.82) is 0 Å². The number of thioether (sulfide) groups is 1. The second-order valence-electron chi connectivity index (χ2n) is 4.79. The van der Waals surface area contributed by atoms with Crippen molar-refractivity contribution in [2.45, 2.75) is 56.9 Å². The third-order valence-corrected chi connectivity index (χ3v) is 4.72. The molecule has 94 valence electrons. The predicted octanol–water partition coefficient (Wildman–Crippen LogP) is 1.76. The maximum absolute atomic E-state index is 11.9. The second-order valence-corrected chi connectivity index (χ2v) is 5.93. The molecule has 4 unspecified atom stereocenters. The monoisotopic (exact) mass is 244 g/mol. The van der Waals surface area contributed by atoms with Crippen molar-refractivity contribution in [3.05, 3.63) is 0 Å². The maximum Gasteiger partial charge on any atom is 0.237 e. The van der Waals surface area contributed by atoms with E-state index >= 15 is 0 Å². The zero-order valence-corrected chi connectivity index (χ0v) is 11.3. The molecule has 0 saturated heterocycles. The molecule has 0 heterocycles. The van der Waals surface area contributed by atoms with Crippen LogP contribution in [0.3, 0.4) is 0 Å². The highest BCUT2D eigenvalue weighted by molar-refractivity contribution is 7.99. The van der Waals surface area contributed by atoms with Crippen LogP contribution in [0.25, 0.3) is 0 Å². The molecule has 1 aliphatic rings. The Bertz CT molecular complexity index is 235. The molecule has 1 fully saturated rings. The molecule has 0 aromatic rings. The van der Waals surface area contributed by atoms with Gasteiger partial charge in [0.25, 0.3) is 0 Å². The number of carbonyl (C=O) groups is 1. The van der Waals surface area contributed by atoms with E-state index in [1.165, 1.54) is 6.42 Å². The Labute approximate surface area is 103 Å². The topological polar surface area (TPSA) is 55.1 Å². The molecule has 4 heteroatoms. The molecule has 3 nitrogen and oxygen atoms in total. The maximum atomic E-state index is 11.9. The Morgan fingerprint density at radius 3 is 2.75 bits per heavy atom. The van der Waals surface area contributed by atoms with Crippen molar-refractivity contribution >= 4 is 17.7 Å². The van der Waals surface area contributed by atoms with Gasteiger partial charge in [-0.2, -0.15) is 11.8 Å². The van der Waals surface area contributed by atoms with E-state index in [0.29, 0.717) is 11.3 Å². The van der Waals surface area contributed by atoms with Crippen molar-refractivity contribution in [2.24, 2.45) is 11.7 Å². The molecule has 1 rings (SSSR count). The van der Waals surface area contributed by atoms with E-state index in [2.05, 4.69) is 18.5 Å². The van der Waals surface area contributed by atoms with Gasteiger partial charge in [0, 0.05) is 11.3 Å². The lowest BCUT2D eigenvalue weighted by Crippen LogP contribution is -2.47. The Kier molecular flexibility index (Phi) is 5.62. The summed E-state index contributed by atoms with van der Waals surface area (Å²) in [7, 11) is 0. The van der Waals surface area contributed by atoms with E-state index in [-0.39, 0.29) is 17.9 Å². The average Bonchev–Trinajstić information content (AvgIpc) is 2.74. The van der Waals surface area contributed by atoms with Crippen molar-refractivity contribution in [1.82, 2.24) is 5.32 Å². The molecule has 16 heavy (non-hydrogen) atoms. The first-order chi connectivity index (χ1) is 7.58. The van der Waals surface area contributed by atoms with Crippen LogP contribution >= 0.6 is 11.8 Å². The molecule has 0 aromatic carbocycles. The van der Waals surface area contributed by atoms with Gasteiger partial charge in [-0.15, -0.1) is 0 Å². The van der Waals surface area contributed by atoms with E-state index in [1.54, 1.807) is 0 Å². The van der Waals surface area contributed by atoms with Gasteiger partial charge in [0.15, 0.2) is 0 Å². The minimum Gasteiger partial charge on any atom is -0.352 e. The van der Waals surface area contributed by atoms with Gasteiger partial charge in [0.05, 0.1) is 6.04 Å². The van der Waals surface area contributed by atoms with Crippen LogP contribution < -0.4 is 11.1 Å². The van der Waals surface area contributed by atoms with Crippen LogP contribution in [0.5, 0.6) is 0 Å². The summed E-state index contributed by atoms with van der Waals surface area (Å²) in [6, 6.07) is -0.00149. The van der Waals surface area contributed by atoms with E-state index in [4.69, 9.17) is 5.73 Å². The lowest BCUT2D eigenvalue weighted by molar-refractivity contribution is -0.124. The molecule has 0 aromatic heterocycles. The van der Waals surface area contributed by atoms with Gasteiger partial charge in [-0.25, -0.2) is 0 Å². The lowest BCUT2D eigenvalue weighted by atomic mass is 9.99. The van der Waals surface area contributed by atoms with Crippen molar-refractivity contribution in [3.8, 4) is 0 Å². The van der Waals surface area contributed by atoms with Crippen LogP contribution in [-0.2, 0) is 4.79 Å². The molecule has 0 spiro atoms. The largest absolute Gasteiger partial charge is 0.352 e. The van der Waals surface area contributed by atoms with Gasteiger partial charge < -0.3 is 11.1 Å².